The Morgan fingerprint density at radius 3 is 2.70 bits per heavy atom. The van der Waals surface area contributed by atoms with Crippen LogP contribution in [0.4, 0.5) is 5.82 Å². The maximum absolute atomic E-state index is 11.4. The number of aliphatic hydroxyl groups is 3. The van der Waals surface area contributed by atoms with E-state index in [2.05, 4.69) is 27.9 Å². The van der Waals surface area contributed by atoms with Crippen LogP contribution in [0.15, 0.2) is 67.0 Å². The minimum atomic E-state index is -0.753. The van der Waals surface area contributed by atoms with Crippen LogP contribution in [0.3, 0.4) is 0 Å². The number of hydrogen-bond donors (Lipinski definition) is 5. The molecule has 0 radical (unpaired) electrons. The zero-order chi connectivity index (χ0) is 30.9. The molecule has 6 N–H and O–H groups in total. The average Bonchev–Trinajstić information content (AvgIpc) is 3.46. The standard InChI is InChI=1S/C36H44N3O5/c37-35-23-28(13-17-39-35)29(20-30-5-3-16-38-30)15-19-44-34-22-27(11-12-31(34)41)26-10-9-25-8-7-24(14-18-40)4-1-2-6-32(42)36(25)33(43)21-26/h3,5,9-13,16-17,22-26,29,32-33,36,40-43H,1-2,4,6,14-15,18-21H2,(H2,37,39)/q-1/t24-,25+,26+,29+,32-,33+,36+/m0/s1. The highest BCUT2D eigenvalue weighted by Gasteiger charge is 2.36. The SMILES string of the molecule is Nc1cc([C@H](CCOc2cc([C@@H]3C=C[C@H]4C#C[C@@H](CCO)CCCC[C@H](O)[C@@H]4[C@H](O)C3)ccc2O)Cc2ccc[n-]2)ccn1. The number of ether oxygens (including phenoxy) is 1. The number of hydrogen-bond acceptors (Lipinski definition) is 7. The zero-order valence-corrected chi connectivity index (χ0v) is 25.1. The van der Waals surface area contributed by atoms with Crippen LogP contribution >= 0.6 is 0 Å². The van der Waals surface area contributed by atoms with Gasteiger partial charge in [0.2, 0.25) is 0 Å². The van der Waals surface area contributed by atoms with Crippen LogP contribution in [0.25, 0.3) is 0 Å². The lowest BCUT2D eigenvalue weighted by Gasteiger charge is -2.31. The third-order valence-electron chi connectivity index (χ3n) is 9.07. The zero-order valence-electron chi connectivity index (χ0n) is 25.1. The maximum atomic E-state index is 11.4. The molecule has 0 spiro atoms. The number of pyridine rings is 1. The smallest absolute Gasteiger partial charge is 0.161 e. The Morgan fingerprint density at radius 1 is 1.05 bits per heavy atom. The summed E-state index contributed by atoms with van der Waals surface area (Å²) in [5, 5.41) is 42.6. The summed E-state index contributed by atoms with van der Waals surface area (Å²) in [6, 6.07) is 13.1. The van der Waals surface area contributed by atoms with Gasteiger partial charge in [-0.05, 0) is 79.8 Å². The van der Waals surface area contributed by atoms with Crippen molar-refractivity contribution in [2.75, 3.05) is 18.9 Å². The van der Waals surface area contributed by atoms with Crippen molar-refractivity contribution in [2.24, 2.45) is 17.8 Å². The number of aliphatic hydroxyl groups excluding tert-OH is 3. The molecule has 0 bridgehead atoms. The monoisotopic (exact) mass is 598 g/mol. The Hall–Kier alpha value is -3.77. The van der Waals surface area contributed by atoms with Crippen molar-refractivity contribution in [3.05, 3.63) is 83.8 Å². The van der Waals surface area contributed by atoms with E-state index in [4.69, 9.17) is 10.5 Å². The molecule has 0 saturated heterocycles. The molecule has 2 aliphatic rings. The molecule has 0 amide bonds. The molecule has 3 aromatic rings. The lowest BCUT2D eigenvalue weighted by atomic mass is 9.79. The van der Waals surface area contributed by atoms with Crippen LogP contribution in [0, 0.1) is 29.6 Å². The predicted molar refractivity (Wildman–Crippen MR) is 170 cm³/mol. The van der Waals surface area contributed by atoms with Gasteiger partial charge < -0.3 is 35.9 Å². The molecular formula is C36H44N3O5-. The molecule has 5 rings (SSSR count). The quantitative estimate of drug-likeness (QED) is 0.167. The van der Waals surface area contributed by atoms with Gasteiger partial charge in [0.05, 0.1) is 18.8 Å². The third kappa shape index (κ3) is 8.23. The number of aromatic hydroxyl groups is 1. The fraction of sp³-hybridized carbons (Fsp3) is 0.472. The summed E-state index contributed by atoms with van der Waals surface area (Å²) in [5.41, 5.74) is 8.93. The minimum Gasteiger partial charge on any atom is -0.668 e. The fourth-order valence-electron chi connectivity index (χ4n) is 6.60. The van der Waals surface area contributed by atoms with Crippen molar-refractivity contribution in [3.8, 4) is 23.3 Å². The van der Waals surface area contributed by atoms with Crippen LogP contribution in [-0.2, 0) is 6.42 Å². The first-order valence-electron chi connectivity index (χ1n) is 15.8. The molecule has 1 aromatic carbocycles. The van der Waals surface area contributed by atoms with E-state index in [1.807, 2.05) is 42.5 Å². The van der Waals surface area contributed by atoms with Crippen LogP contribution in [-0.4, -0.2) is 50.8 Å². The number of aromatic nitrogens is 2. The number of phenolic OH excluding ortho intramolecular Hbond substituents is 1. The molecule has 44 heavy (non-hydrogen) atoms. The number of anilines is 1. The van der Waals surface area contributed by atoms with Gasteiger partial charge in [0.1, 0.15) is 5.82 Å². The lowest BCUT2D eigenvalue weighted by Crippen LogP contribution is -2.36. The topological polar surface area (TPSA) is 143 Å². The summed E-state index contributed by atoms with van der Waals surface area (Å²) in [4.78, 5) is 8.56. The van der Waals surface area contributed by atoms with E-state index in [0.717, 1.165) is 42.5 Å². The van der Waals surface area contributed by atoms with Gasteiger partial charge in [0, 0.05) is 36.5 Å². The molecule has 234 valence electrons. The van der Waals surface area contributed by atoms with Crippen LogP contribution in [0.1, 0.15) is 73.6 Å². The second kappa shape index (κ2) is 15.3. The van der Waals surface area contributed by atoms with E-state index in [9.17, 15) is 20.4 Å². The van der Waals surface area contributed by atoms with Crippen molar-refractivity contribution in [1.29, 1.82) is 0 Å². The second-order valence-corrected chi connectivity index (χ2v) is 12.2. The Labute approximate surface area is 260 Å². The second-order valence-electron chi connectivity index (χ2n) is 12.2. The molecule has 0 unspecified atom stereocenters. The van der Waals surface area contributed by atoms with Gasteiger partial charge in [-0.15, -0.1) is 0 Å². The van der Waals surface area contributed by atoms with Gasteiger partial charge in [-0.1, -0.05) is 55.0 Å². The number of phenols is 1. The molecule has 7 atom stereocenters. The van der Waals surface area contributed by atoms with E-state index in [0.29, 0.717) is 43.9 Å². The van der Waals surface area contributed by atoms with Gasteiger partial charge in [-0.3, -0.25) is 0 Å². The highest BCUT2D eigenvalue weighted by Crippen LogP contribution is 2.39. The number of allylic oxidation sites excluding steroid dienone is 2. The largest absolute Gasteiger partial charge is 0.668 e. The van der Waals surface area contributed by atoms with Crippen LogP contribution in [0.2, 0.25) is 0 Å². The molecule has 8 heteroatoms. The summed E-state index contributed by atoms with van der Waals surface area (Å²) in [7, 11) is 0. The highest BCUT2D eigenvalue weighted by atomic mass is 16.5. The average molecular weight is 599 g/mol. The van der Waals surface area contributed by atoms with Crippen molar-refractivity contribution >= 4 is 5.82 Å². The summed E-state index contributed by atoms with van der Waals surface area (Å²) in [5.74, 6) is 7.01. The number of fused-ring (bicyclic) bond motifs is 1. The number of nitrogens with zero attached hydrogens (tertiary/aromatic N) is 2. The first-order valence-corrected chi connectivity index (χ1v) is 15.8. The summed E-state index contributed by atoms with van der Waals surface area (Å²) in [6.07, 6.45) is 12.0. The van der Waals surface area contributed by atoms with Crippen molar-refractivity contribution in [2.45, 2.75) is 75.4 Å². The summed E-state index contributed by atoms with van der Waals surface area (Å²) >= 11 is 0. The van der Waals surface area contributed by atoms with E-state index in [1.165, 1.54) is 0 Å². The number of nitrogens with two attached hydrogens (primary N) is 1. The maximum Gasteiger partial charge on any atom is 0.161 e. The van der Waals surface area contributed by atoms with Gasteiger partial charge >= 0.3 is 0 Å². The van der Waals surface area contributed by atoms with Gasteiger partial charge in [-0.25, -0.2) is 4.98 Å². The van der Waals surface area contributed by atoms with E-state index < -0.39 is 12.2 Å². The molecule has 0 aliphatic heterocycles. The first kappa shape index (κ1) is 31.6. The molecule has 0 fully saturated rings. The number of rotatable bonds is 10. The van der Waals surface area contributed by atoms with Crippen molar-refractivity contribution in [1.82, 2.24) is 9.97 Å². The van der Waals surface area contributed by atoms with E-state index in [-0.39, 0.29) is 41.9 Å². The fourth-order valence-corrected chi connectivity index (χ4v) is 6.60. The van der Waals surface area contributed by atoms with Gasteiger partial charge in [-0.2, -0.15) is 11.9 Å². The van der Waals surface area contributed by atoms with Crippen molar-refractivity contribution < 1.29 is 25.2 Å². The Bertz CT molecular complexity index is 1430. The summed E-state index contributed by atoms with van der Waals surface area (Å²) < 4.78 is 6.15. The summed E-state index contributed by atoms with van der Waals surface area (Å²) in [6.45, 7) is 0.473. The van der Waals surface area contributed by atoms with Gasteiger partial charge in [0.15, 0.2) is 11.5 Å². The molecule has 2 aliphatic carbocycles. The lowest BCUT2D eigenvalue weighted by molar-refractivity contribution is -0.00709. The Kier molecular flexibility index (Phi) is 11.0. The van der Waals surface area contributed by atoms with Crippen LogP contribution in [0.5, 0.6) is 11.5 Å². The van der Waals surface area contributed by atoms with Gasteiger partial charge in [0.25, 0.3) is 0 Å². The first-order chi connectivity index (χ1) is 21.4. The van der Waals surface area contributed by atoms with Crippen LogP contribution < -0.4 is 15.5 Å². The number of nitrogen functional groups attached to an aromatic ring is 1. The van der Waals surface area contributed by atoms with Crippen molar-refractivity contribution in [3.63, 3.8) is 0 Å². The molecule has 2 aromatic heterocycles. The highest BCUT2D eigenvalue weighted by molar-refractivity contribution is 5.44. The van der Waals surface area contributed by atoms with E-state index in [1.54, 1.807) is 18.5 Å². The molecular weight excluding hydrogens is 554 g/mol. The third-order valence-corrected chi connectivity index (χ3v) is 9.07. The Balaban J connectivity index is 1.31. The number of benzene rings is 1. The normalized spacial score (nSPS) is 26.1. The van der Waals surface area contributed by atoms with E-state index >= 15 is 0 Å². The minimum absolute atomic E-state index is 0.0552. The predicted octanol–water partition coefficient (Wildman–Crippen LogP) is 4.70. The molecule has 8 nitrogen and oxygen atoms in total. The Morgan fingerprint density at radius 2 is 1.91 bits per heavy atom. The molecule has 2 heterocycles. The molecule has 0 saturated carbocycles.